The molecule has 3 aromatic rings. The molecule has 0 amide bonds. The van der Waals surface area contributed by atoms with Crippen LogP contribution in [0.15, 0.2) is 44.2 Å². The third-order valence-corrected chi connectivity index (χ3v) is 7.54. The number of alkyl halides is 3. The molecule has 1 aromatic carbocycles. The van der Waals surface area contributed by atoms with Crippen LogP contribution in [0.4, 0.5) is 13.2 Å². The van der Waals surface area contributed by atoms with E-state index in [9.17, 15) is 21.6 Å². The van der Waals surface area contributed by atoms with E-state index in [4.69, 9.17) is 11.6 Å². The summed E-state index contributed by atoms with van der Waals surface area (Å²) in [7, 11) is -5.54. The highest BCUT2D eigenvalue weighted by molar-refractivity contribution is 8.00. The number of pyridine rings is 1. The zero-order valence-electron chi connectivity index (χ0n) is 12.7. The molecule has 0 bridgehead atoms. The van der Waals surface area contributed by atoms with E-state index in [1.165, 1.54) is 18.4 Å². The third-order valence-electron chi connectivity index (χ3n) is 3.15. The molecule has 1 atom stereocenters. The average molecular weight is 441 g/mol. The predicted molar refractivity (Wildman–Crippen MR) is 92.8 cm³/mol. The summed E-state index contributed by atoms with van der Waals surface area (Å²) in [5.41, 5.74) is -0.429. The van der Waals surface area contributed by atoms with Crippen molar-refractivity contribution < 1.29 is 21.6 Å². The summed E-state index contributed by atoms with van der Waals surface area (Å²) in [5.74, 6) is 0. The summed E-state index contributed by atoms with van der Waals surface area (Å²) in [6.45, 7) is 0. The highest BCUT2D eigenvalue weighted by Crippen LogP contribution is 2.32. The molecule has 138 valence electrons. The number of hydrogen-bond acceptors (Lipinski definition) is 6. The maximum Gasteiger partial charge on any atom is 0.417 e. The van der Waals surface area contributed by atoms with Crippen molar-refractivity contribution in [2.24, 2.45) is 3.77 Å². The monoisotopic (exact) mass is 440 g/mol. The van der Waals surface area contributed by atoms with Crippen LogP contribution in [-0.2, 0) is 26.9 Å². The minimum absolute atomic E-state index is 0.0492. The van der Waals surface area contributed by atoms with Gasteiger partial charge in [0, 0.05) is 6.20 Å². The molecule has 3 rings (SSSR count). The molecule has 0 N–H and O–H groups in total. The van der Waals surface area contributed by atoms with Gasteiger partial charge in [-0.25, -0.2) is 4.98 Å². The summed E-state index contributed by atoms with van der Waals surface area (Å²) in [6.07, 6.45) is -2.60. The Morgan fingerprint density at radius 1 is 1.27 bits per heavy atom. The lowest BCUT2D eigenvalue weighted by Crippen LogP contribution is -2.07. The lowest BCUT2D eigenvalue weighted by Gasteiger charge is -2.09. The van der Waals surface area contributed by atoms with Crippen molar-refractivity contribution in [1.29, 1.82) is 0 Å². The van der Waals surface area contributed by atoms with Gasteiger partial charge in [0.25, 0.3) is 10.0 Å². The summed E-state index contributed by atoms with van der Waals surface area (Å²) in [4.78, 5) is 3.52. The topological polar surface area (TPSA) is 85.2 Å². The lowest BCUT2D eigenvalue weighted by molar-refractivity contribution is -0.137. The summed E-state index contributed by atoms with van der Waals surface area (Å²) < 4.78 is 74.9. The number of benzene rings is 1. The first-order valence-corrected chi connectivity index (χ1v) is 10.8. The van der Waals surface area contributed by atoms with E-state index in [0.717, 1.165) is 11.7 Å². The Morgan fingerprint density at radius 2 is 2.00 bits per heavy atom. The molecule has 0 unspecified atom stereocenters. The molecule has 0 aliphatic rings. The van der Waals surface area contributed by atoms with Gasteiger partial charge in [-0.1, -0.05) is 17.7 Å². The van der Waals surface area contributed by atoms with Crippen LogP contribution in [0.25, 0.3) is 11.0 Å². The molecule has 2 heterocycles. The molecule has 0 saturated heterocycles. The Kier molecular flexibility index (Phi) is 5.03. The molecule has 26 heavy (non-hydrogen) atoms. The molecular weight excluding hydrogens is 433 g/mol. The largest absolute Gasteiger partial charge is 0.417 e. The van der Waals surface area contributed by atoms with Crippen LogP contribution in [0, 0.1) is 0 Å². The Bertz CT molecular complexity index is 1130. The number of aromatic nitrogens is 3. The Morgan fingerprint density at radius 3 is 2.65 bits per heavy atom. The molecule has 0 radical (unpaired) electrons. The van der Waals surface area contributed by atoms with Crippen molar-refractivity contribution >= 4 is 55.1 Å². The van der Waals surface area contributed by atoms with E-state index >= 15 is 0 Å². The fourth-order valence-corrected chi connectivity index (χ4v) is 6.09. The van der Waals surface area contributed by atoms with Gasteiger partial charge in [0.1, 0.15) is 21.0 Å². The van der Waals surface area contributed by atoms with E-state index in [1.54, 1.807) is 6.07 Å². The van der Waals surface area contributed by atoms with E-state index in [1.807, 2.05) is 0 Å². The molecule has 0 aliphatic carbocycles. The number of nitrogens with zero attached hydrogens (tertiary/aromatic N) is 4. The molecule has 0 saturated carbocycles. The van der Waals surface area contributed by atoms with Gasteiger partial charge in [0.15, 0.2) is 0 Å². The number of fused-ring (bicyclic) bond motifs is 1. The molecule has 13 heteroatoms. The second kappa shape index (κ2) is 6.83. The van der Waals surface area contributed by atoms with Crippen LogP contribution in [0.5, 0.6) is 0 Å². The maximum absolute atomic E-state index is 12.7. The van der Waals surface area contributed by atoms with Gasteiger partial charge in [0.05, 0.1) is 22.3 Å². The van der Waals surface area contributed by atoms with Crippen LogP contribution < -0.4 is 0 Å². The number of halogens is 4. The zero-order chi connectivity index (χ0) is 19.1. The minimum atomic E-state index is -4.60. The Balaban J connectivity index is 2.05. The summed E-state index contributed by atoms with van der Waals surface area (Å²) in [6, 6.07) is 5.14. The molecule has 0 fully saturated rings. The number of sulfonamides is 1. The first kappa shape index (κ1) is 19.1. The van der Waals surface area contributed by atoms with Crippen LogP contribution in [-0.4, -0.2) is 28.4 Å². The number of rotatable bonds is 3. The average Bonchev–Trinajstić information content (AvgIpc) is 3.01. The van der Waals surface area contributed by atoms with Crippen molar-refractivity contribution in [3.8, 4) is 0 Å². The van der Waals surface area contributed by atoms with Crippen molar-refractivity contribution in [3.63, 3.8) is 0 Å². The van der Waals surface area contributed by atoms with Crippen molar-refractivity contribution in [2.45, 2.75) is 16.1 Å². The van der Waals surface area contributed by atoms with Gasteiger partial charge < -0.3 is 0 Å². The zero-order valence-corrected chi connectivity index (χ0v) is 15.9. The van der Waals surface area contributed by atoms with Gasteiger partial charge in [-0.2, -0.15) is 30.3 Å². The third kappa shape index (κ3) is 3.72. The molecular formula is C13H8ClF3N4O2S3. The first-order chi connectivity index (χ1) is 12.1. The Hall–Kier alpha value is -1.63. The molecule has 0 aliphatic heterocycles. The maximum atomic E-state index is 12.7. The van der Waals surface area contributed by atoms with E-state index in [0.29, 0.717) is 17.8 Å². The predicted octanol–water partition coefficient (Wildman–Crippen LogP) is 3.94. The first-order valence-electron chi connectivity index (χ1n) is 6.68. The smallest absolute Gasteiger partial charge is 0.247 e. The SMILES string of the molecule is C[S@@](=NS(=O)(=O)c1cccc2nsnc12)c1ncc(C(F)(F)F)cc1Cl. The van der Waals surface area contributed by atoms with Crippen LogP contribution in [0.1, 0.15) is 5.56 Å². The normalized spacial score (nSPS) is 14.0. The highest BCUT2D eigenvalue weighted by atomic mass is 35.5. The van der Waals surface area contributed by atoms with Crippen molar-refractivity contribution in [3.05, 3.63) is 41.0 Å². The Labute approximate surface area is 157 Å². The van der Waals surface area contributed by atoms with E-state index < -0.39 is 32.5 Å². The molecule has 0 spiro atoms. The summed E-state index contributed by atoms with van der Waals surface area (Å²) >= 11 is 6.71. The summed E-state index contributed by atoms with van der Waals surface area (Å²) in [5, 5.41) is -0.357. The second-order valence-electron chi connectivity index (χ2n) is 4.92. The van der Waals surface area contributed by atoms with Crippen LogP contribution in [0.2, 0.25) is 5.02 Å². The van der Waals surface area contributed by atoms with Crippen LogP contribution >= 0.6 is 23.3 Å². The van der Waals surface area contributed by atoms with Gasteiger partial charge >= 0.3 is 6.18 Å². The fourth-order valence-electron chi connectivity index (χ4n) is 2.01. The van der Waals surface area contributed by atoms with Gasteiger partial charge in [-0.05, 0) is 35.1 Å². The lowest BCUT2D eigenvalue weighted by atomic mass is 10.3. The van der Waals surface area contributed by atoms with Crippen molar-refractivity contribution in [1.82, 2.24) is 13.7 Å². The standard InChI is InChI=1S/C13H8ClF3N4O2S3/c1-25(12-8(14)5-7(6-18-12)13(15,16)17)21-26(22,23)10-4-2-3-9-11(10)20-24-19-9/h2-6H,1H3/t25-/m1/s1. The van der Waals surface area contributed by atoms with Gasteiger partial charge in [-0.15, -0.1) is 3.77 Å². The fraction of sp³-hybridized carbons (Fsp3) is 0.154. The molecule has 2 aromatic heterocycles. The second-order valence-corrected chi connectivity index (χ2v) is 9.19. The van der Waals surface area contributed by atoms with Gasteiger partial charge in [0.2, 0.25) is 0 Å². The van der Waals surface area contributed by atoms with Gasteiger partial charge in [-0.3, -0.25) is 0 Å². The van der Waals surface area contributed by atoms with Crippen LogP contribution in [0.3, 0.4) is 0 Å². The van der Waals surface area contributed by atoms with E-state index in [-0.39, 0.29) is 20.5 Å². The number of hydrogen-bond donors (Lipinski definition) is 0. The quantitative estimate of drug-likeness (QED) is 0.615. The molecule has 6 nitrogen and oxygen atoms in total. The van der Waals surface area contributed by atoms with E-state index in [2.05, 4.69) is 17.5 Å². The van der Waals surface area contributed by atoms with Crippen molar-refractivity contribution in [2.75, 3.05) is 6.26 Å². The minimum Gasteiger partial charge on any atom is -0.247 e. The highest BCUT2D eigenvalue weighted by Gasteiger charge is 2.32.